The number of aryl methyl sites for hydroxylation is 2. The molecule has 3 heteroatoms. The standard InChI is InChI=1S/C13H20N2S/c1-13(14,8-9-6-7-9)12-15-10-4-2-3-5-11(10)16-12/h9H,2-8,14H2,1H3. The summed E-state index contributed by atoms with van der Waals surface area (Å²) in [5.74, 6) is 0.871. The van der Waals surface area contributed by atoms with E-state index < -0.39 is 0 Å². The lowest BCUT2D eigenvalue weighted by atomic mass is 9.97. The van der Waals surface area contributed by atoms with E-state index in [9.17, 15) is 0 Å². The van der Waals surface area contributed by atoms with Crippen LogP contribution in [0.3, 0.4) is 0 Å². The van der Waals surface area contributed by atoms with Crippen LogP contribution < -0.4 is 5.73 Å². The molecule has 0 radical (unpaired) electrons. The lowest BCUT2D eigenvalue weighted by Crippen LogP contribution is -2.33. The van der Waals surface area contributed by atoms with Crippen LogP contribution in [0, 0.1) is 5.92 Å². The Balaban J connectivity index is 1.84. The fourth-order valence-corrected chi connectivity index (χ4v) is 3.82. The summed E-state index contributed by atoms with van der Waals surface area (Å²) in [6.07, 6.45) is 8.91. The van der Waals surface area contributed by atoms with Gasteiger partial charge < -0.3 is 5.73 Å². The van der Waals surface area contributed by atoms with Crippen LogP contribution in [0.4, 0.5) is 0 Å². The van der Waals surface area contributed by atoms with Crippen LogP contribution in [-0.2, 0) is 18.4 Å². The lowest BCUT2D eigenvalue weighted by Gasteiger charge is -2.21. The van der Waals surface area contributed by atoms with E-state index in [-0.39, 0.29) is 5.54 Å². The van der Waals surface area contributed by atoms with Gasteiger partial charge in [0.15, 0.2) is 0 Å². The van der Waals surface area contributed by atoms with Gasteiger partial charge in [0.25, 0.3) is 0 Å². The molecule has 3 rings (SSSR count). The van der Waals surface area contributed by atoms with E-state index in [0.717, 1.165) is 12.3 Å². The quantitative estimate of drug-likeness (QED) is 0.876. The Hall–Kier alpha value is -0.410. The fourth-order valence-electron chi connectivity index (χ4n) is 2.61. The zero-order chi connectivity index (χ0) is 11.2. The molecule has 2 nitrogen and oxygen atoms in total. The van der Waals surface area contributed by atoms with Crippen molar-refractivity contribution in [1.82, 2.24) is 4.98 Å². The van der Waals surface area contributed by atoms with Gasteiger partial charge in [-0.3, -0.25) is 0 Å². The van der Waals surface area contributed by atoms with Crippen molar-refractivity contribution in [2.45, 2.75) is 57.4 Å². The summed E-state index contributed by atoms with van der Waals surface area (Å²) in [5, 5.41) is 1.19. The van der Waals surface area contributed by atoms with Gasteiger partial charge >= 0.3 is 0 Å². The van der Waals surface area contributed by atoms with Crippen molar-refractivity contribution in [1.29, 1.82) is 0 Å². The van der Waals surface area contributed by atoms with Crippen molar-refractivity contribution in [3.05, 3.63) is 15.6 Å². The molecule has 0 spiro atoms. The van der Waals surface area contributed by atoms with Crippen molar-refractivity contribution in [2.75, 3.05) is 0 Å². The van der Waals surface area contributed by atoms with E-state index >= 15 is 0 Å². The monoisotopic (exact) mass is 236 g/mol. The topological polar surface area (TPSA) is 38.9 Å². The lowest BCUT2D eigenvalue weighted by molar-refractivity contribution is 0.421. The first kappa shape index (κ1) is 10.7. The Labute approximate surface area is 101 Å². The molecule has 0 aromatic carbocycles. The van der Waals surface area contributed by atoms with Gasteiger partial charge in [-0.2, -0.15) is 0 Å². The van der Waals surface area contributed by atoms with Crippen molar-refractivity contribution in [2.24, 2.45) is 11.7 Å². The number of thiazole rings is 1. The van der Waals surface area contributed by atoms with Crippen molar-refractivity contribution >= 4 is 11.3 Å². The summed E-state index contributed by atoms with van der Waals surface area (Å²) in [6.45, 7) is 2.16. The minimum absolute atomic E-state index is 0.177. The molecule has 1 unspecified atom stereocenters. The van der Waals surface area contributed by atoms with Gasteiger partial charge in [0.05, 0.1) is 11.2 Å². The molecule has 16 heavy (non-hydrogen) atoms. The molecule has 1 fully saturated rings. The minimum Gasteiger partial charge on any atom is -0.320 e. The van der Waals surface area contributed by atoms with Gasteiger partial charge in [0, 0.05) is 4.88 Å². The summed E-state index contributed by atoms with van der Waals surface area (Å²) in [7, 11) is 0. The molecule has 0 amide bonds. The normalized spacial score (nSPS) is 23.9. The smallest absolute Gasteiger partial charge is 0.113 e. The van der Waals surface area contributed by atoms with Crippen molar-refractivity contribution in [3.8, 4) is 0 Å². The number of fused-ring (bicyclic) bond motifs is 1. The van der Waals surface area contributed by atoms with Gasteiger partial charge in [-0.25, -0.2) is 4.98 Å². The van der Waals surface area contributed by atoms with Crippen LogP contribution in [0.2, 0.25) is 0 Å². The number of aromatic nitrogens is 1. The highest BCUT2D eigenvalue weighted by molar-refractivity contribution is 7.11. The maximum atomic E-state index is 6.44. The summed E-state index contributed by atoms with van der Waals surface area (Å²) in [4.78, 5) is 6.30. The van der Waals surface area contributed by atoms with E-state index in [4.69, 9.17) is 10.7 Å². The van der Waals surface area contributed by atoms with Crippen molar-refractivity contribution in [3.63, 3.8) is 0 Å². The second kappa shape index (κ2) is 3.81. The molecule has 1 saturated carbocycles. The number of nitrogens with zero attached hydrogens (tertiary/aromatic N) is 1. The highest BCUT2D eigenvalue weighted by atomic mass is 32.1. The SMILES string of the molecule is CC(N)(CC1CC1)c1nc2c(s1)CCCC2. The highest BCUT2D eigenvalue weighted by Gasteiger charge is 2.34. The fraction of sp³-hybridized carbons (Fsp3) is 0.769. The predicted octanol–water partition coefficient (Wildman–Crippen LogP) is 3.00. The Kier molecular flexibility index (Phi) is 2.55. The molecular weight excluding hydrogens is 216 g/mol. The van der Waals surface area contributed by atoms with Gasteiger partial charge in [-0.05, 0) is 44.9 Å². The third-order valence-electron chi connectivity index (χ3n) is 3.74. The average Bonchev–Trinajstić information content (AvgIpc) is 2.94. The van der Waals surface area contributed by atoms with Crippen LogP contribution in [0.15, 0.2) is 0 Å². The molecule has 1 atom stereocenters. The first-order chi connectivity index (χ1) is 7.65. The maximum absolute atomic E-state index is 6.44. The molecule has 1 aromatic heterocycles. The minimum atomic E-state index is -0.177. The molecule has 2 aliphatic rings. The second-order valence-corrected chi connectivity index (χ2v) is 6.74. The molecule has 0 bridgehead atoms. The summed E-state index contributed by atoms with van der Waals surface area (Å²) >= 11 is 1.88. The van der Waals surface area contributed by atoms with Gasteiger partial charge in [0.2, 0.25) is 0 Å². The molecule has 0 aliphatic heterocycles. The van der Waals surface area contributed by atoms with E-state index in [1.807, 2.05) is 11.3 Å². The summed E-state index contributed by atoms with van der Waals surface area (Å²) in [5.41, 5.74) is 7.61. The third kappa shape index (κ3) is 2.03. The molecule has 2 aliphatic carbocycles. The average molecular weight is 236 g/mol. The first-order valence-corrected chi connectivity index (χ1v) is 7.25. The van der Waals surface area contributed by atoms with Crippen LogP contribution in [0.5, 0.6) is 0 Å². The first-order valence-electron chi connectivity index (χ1n) is 6.43. The number of nitrogens with two attached hydrogens (primary N) is 1. The van der Waals surface area contributed by atoms with Crippen LogP contribution in [-0.4, -0.2) is 4.98 Å². The zero-order valence-electron chi connectivity index (χ0n) is 9.96. The molecule has 1 heterocycles. The Morgan fingerprint density at radius 1 is 1.38 bits per heavy atom. The number of hydrogen-bond donors (Lipinski definition) is 1. The molecule has 88 valence electrons. The maximum Gasteiger partial charge on any atom is 0.113 e. The Morgan fingerprint density at radius 2 is 2.12 bits per heavy atom. The Morgan fingerprint density at radius 3 is 2.81 bits per heavy atom. The largest absolute Gasteiger partial charge is 0.320 e. The highest BCUT2D eigenvalue weighted by Crippen LogP contribution is 2.41. The molecule has 0 saturated heterocycles. The van der Waals surface area contributed by atoms with E-state index in [1.54, 1.807) is 0 Å². The van der Waals surface area contributed by atoms with Gasteiger partial charge in [0.1, 0.15) is 5.01 Å². The van der Waals surface area contributed by atoms with Crippen molar-refractivity contribution < 1.29 is 0 Å². The molecule has 1 aromatic rings. The Bertz CT molecular complexity index is 367. The third-order valence-corrected chi connectivity index (χ3v) is 5.18. The van der Waals surface area contributed by atoms with E-state index in [1.165, 1.54) is 54.1 Å². The van der Waals surface area contributed by atoms with Gasteiger partial charge in [-0.15, -0.1) is 11.3 Å². The molecule has 2 N–H and O–H groups in total. The summed E-state index contributed by atoms with van der Waals surface area (Å²) < 4.78 is 0. The number of hydrogen-bond acceptors (Lipinski definition) is 3. The van der Waals surface area contributed by atoms with E-state index in [0.29, 0.717) is 0 Å². The van der Waals surface area contributed by atoms with Crippen LogP contribution >= 0.6 is 11.3 Å². The predicted molar refractivity (Wildman–Crippen MR) is 67.6 cm³/mol. The van der Waals surface area contributed by atoms with Crippen LogP contribution in [0.1, 0.15) is 54.6 Å². The van der Waals surface area contributed by atoms with Crippen LogP contribution in [0.25, 0.3) is 0 Å². The molecular formula is C13H20N2S. The van der Waals surface area contributed by atoms with Gasteiger partial charge in [-0.1, -0.05) is 12.8 Å². The zero-order valence-corrected chi connectivity index (χ0v) is 10.8. The van der Waals surface area contributed by atoms with E-state index in [2.05, 4.69) is 6.92 Å². The summed E-state index contributed by atoms with van der Waals surface area (Å²) in [6, 6.07) is 0. The number of rotatable bonds is 3. The second-order valence-electron chi connectivity index (χ2n) is 5.66.